The minimum atomic E-state index is -0.731. The van der Waals surface area contributed by atoms with Gasteiger partial charge < -0.3 is 18.9 Å². The van der Waals surface area contributed by atoms with Gasteiger partial charge in [-0.25, -0.2) is 14.2 Å². The summed E-state index contributed by atoms with van der Waals surface area (Å²) in [6.45, 7) is 7.20. The molecule has 0 saturated heterocycles. The molecule has 1 aliphatic heterocycles. The second-order valence-corrected chi connectivity index (χ2v) is 9.10. The van der Waals surface area contributed by atoms with Gasteiger partial charge in [-0.05, 0) is 52.0 Å². The number of pyridine rings is 1. The van der Waals surface area contributed by atoms with Gasteiger partial charge in [0.05, 0.1) is 5.56 Å². The minimum Gasteiger partial charge on any atom is -0.490 e. The predicted octanol–water partition coefficient (Wildman–Crippen LogP) is 4.75. The summed E-state index contributed by atoms with van der Waals surface area (Å²) in [4.78, 5) is 16.8. The molecular formula is C25H26FN5O5. The second-order valence-electron chi connectivity index (χ2n) is 9.10. The fourth-order valence-corrected chi connectivity index (χ4v) is 3.67. The van der Waals surface area contributed by atoms with Crippen molar-refractivity contribution in [2.24, 2.45) is 7.05 Å². The summed E-state index contributed by atoms with van der Waals surface area (Å²) in [6, 6.07) is 7.86. The number of ether oxygens (including phenoxy) is 4. The monoisotopic (exact) mass is 495 g/mol. The molecule has 0 aliphatic carbocycles. The molecule has 1 unspecified atom stereocenters. The number of carbonyl (C=O) groups is 1. The summed E-state index contributed by atoms with van der Waals surface area (Å²) in [5.74, 6) is 0.418. The first kappa shape index (κ1) is 24.8. The van der Waals surface area contributed by atoms with Gasteiger partial charge in [0.25, 0.3) is 0 Å². The van der Waals surface area contributed by atoms with Gasteiger partial charge in [0.2, 0.25) is 5.88 Å². The van der Waals surface area contributed by atoms with E-state index in [1.54, 1.807) is 40.8 Å². The van der Waals surface area contributed by atoms with Gasteiger partial charge in [0.15, 0.2) is 11.6 Å². The number of fused-ring (bicyclic) bond motifs is 5. The van der Waals surface area contributed by atoms with Gasteiger partial charge in [-0.2, -0.15) is 5.26 Å². The lowest BCUT2D eigenvalue weighted by molar-refractivity contribution is 0.0634. The van der Waals surface area contributed by atoms with Crippen molar-refractivity contribution in [1.82, 2.24) is 14.8 Å². The van der Waals surface area contributed by atoms with Crippen molar-refractivity contribution in [1.29, 1.82) is 5.26 Å². The van der Waals surface area contributed by atoms with E-state index in [1.807, 2.05) is 0 Å². The molecule has 4 rings (SSSR count). The predicted molar refractivity (Wildman–Crippen MR) is 127 cm³/mol. The first-order valence-corrected chi connectivity index (χ1v) is 11.2. The van der Waals surface area contributed by atoms with Crippen molar-refractivity contribution in [2.45, 2.75) is 39.4 Å². The van der Waals surface area contributed by atoms with Crippen LogP contribution in [0.2, 0.25) is 0 Å². The highest BCUT2D eigenvalue weighted by atomic mass is 19.1. The molecule has 0 fully saturated rings. The van der Waals surface area contributed by atoms with E-state index in [2.05, 4.69) is 21.5 Å². The van der Waals surface area contributed by atoms with Gasteiger partial charge >= 0.3 is 6.09 Å². The number of amides is 1. The molecule has 0 saturated carbocycles. The van der Waals surface area contributed by atoms with Crippen LogP contribution in [0.5, 0.6) is 17.4 Å². The van der Waals surface area contributed by atoms with Crippen LogP contribution in [0.3, 0.4) is 0 Å². The number of carbonyl (C=O) groups excluding carboxylic acids is 1. The van der Waals surface area contributed by atoms with Crippen LogP contribution in [-0.4, -0.2) is 39.7 Å². The maximum Gasteiger partial charge on any atom is 0.413 e. The van der Waals surface area contributed by atoms with Crippen molar-refractivity contribution in [3.05, 3.63) is 47.5 Å². The molecular weight excluding hydrogens is 469 g/mol. The topological polar surface area (TPSA) is 121 Å². The largest absolute Gasteiger partial charge is 0.490 e. The maximum atomic E-state index is 14.1. The molecule has 1 N–H and O–H groups in total. The highest BCUT2D eigenvalue weighted by molar-refractivity contribution is 5.86. The third-order valence-corrected chi connectivity index (χ3v) is 5.17. The molecule has 0 radical (unpaired) electrons. The fraction of sp³-hybridized carbons (Fsp3) is 0.360. The zero-order chi connectivity index (χ0) is 26.0. The molecule has 11 heteroatoms. The van der Waals surface area contributed by atoms with E-state index in [0.717, 1.165) is 0 Å². The van der Waals surface area contributed by atoms with Crippen LogP contribution < -0.4 is 19.5 Å². The third kappa shape index (κ3) is 5.33. The number of nitriles is 1. The number of benzene rings is 1. The Morgan fingerprint density at radius 2 is 2.00 bits per heavy atom. The van der Waals surface area contributed by atoms with E-state index in [-0.39, 0.29) is 36.4 Å². The van der Waals surface area contributed by atoms with E-state index in [0.29, 0.717) is 22.4 Å². The van der Waals surface area contributed by atoms with Crippen LogP contribution in [0.15, 0.2) is 30.5 Å². The van der Waals surface area contributed by atoms with Crippen molar-refractivity contribution in [2.75, 3.05) is 18.5 Å². The number of aryl methyl sites for hydroxylation is 1. The highest BCUT2D eigenvalue weighted by Gasteiger charge is 2.25. The minimum absolute atomic E-state index is 0.0819. The fourth-order valence-electron chi connectivity index (χ4n) is 3.67. The molecule has 1 aromatic carbocycles. The summed E-state index contributed by atoms with van der Waals surface area (Å²) >= 11 is 0. The normalized spacial score (nSPS) is 15.2. The Kier molecular flexibility index (Phi) is 6.70. The van der Waals surface area contributed by atoms with Crippen LogP contribution in [-0.2, 0) is 11.8 Å². The SMILES string of the molecule is CC1Oc2cc(cnc2NC(=O)OC(C)(C)C)-c2c(nn(C)c2C#N)OCCOc2ccc(F)cc21. The average molecular weight is 496 g/mol. The molecule has 188 valence electrons. The Labute approximate surface area is 207 Å². The van der Waals surface area contributed by atoms with Gasteiger partial charge in [-0.1, -0.05) is 0 Å². The summed E-state index contributed by atoms with van der Waals surface area (Å²) in [5.41, 5.74) is 0.866. The van der Waals surface area contributed by atoms with E-state index in [1.165, 1.54) is 29.1 Å². The molecule has 1 aliphatic rings. The van der Waals surface area contributed by atoms with Crippen LogP contribution >= 0.6 is 0 Å². The number of hydrogen-bond acceptors (Lipinski definition) is 8. The number of nitrogens with zero attached hydrogens (tertiary/aromatic N) is 4. The molecule has 2 aromatic heterocycles. The smallest absolute Gasteiger partial charge is 0.413 e. The quantitative estimate of drug-likeness (QED) is 0.513. The van der Waals surface area contributed by atoms with E-state index in [4.69, 9.17) is 18.9 Å². The first-order valence-electron chi connectivity index (χ1n) is 11.2. The number of halogens is 1. The van der Waals surface area contributed by atoms with E-state index >= 15 is 0 Å². The zero-order valence-corrected chi connectivity index (χ0v) is 20.6. The second kappa shape index (κ2) is 9.73. The number of rotatable bonds is 1. The van der Waals surface area contributed by atoms with Crippen molar-refractivity contribution in [3.63, 3.8) is 0 Å². The van der Waals surface area contributed by atoms with Crippen LogP contribution in [0.25, 0.3) is 11.1 Å². The molecule has 0 spiro atoms. The number of hydrogen-bond donors (Lipinski definition) is 1. The lowest BCUT2D eigenvalue weighted by atomic mass is 10.1. The molecule has 3 aromatic rings. The summed E-state index contributed by atoms with van der Waals surface area (Å²) in [6.07, 6.45) is 0.0482. The summed E-state index contributed by atoms with van der Waals surface area (Å²) in [5, 5.41) is 16.7. The van der Waals surface area contributed by atoms with Crippen molar-refractivity contribution in [3.8, 4) is 34.6 Å². The van der Waals surface area contributed by atoms with Crippen LogP contribution in [0.1, 0.15) is 45.1 Å². The average Bonchev–Trinajstić information content (AvgIpc) is 3.11. The standard InChI is InChI=1S/C25H26FN5O5/c1-14-17-11-16(26)6-7-19(17)33-8-9-34-23-21(18(12-27)31(5)30-23)15-10-20(35-14)22(28-13-15)29-24(32)36-25(2,3)4/h6-7,10-11,13-14H,8-9H2,1-5H3,(H,28,29,32). The molecule has 2 bridgehead atoms. The Bertz CT molecular complexity index is 1340. The van der Waals surface area contributed by atoms with Crippen LogP contribution in [0.4, 0.5) is 15.0 Å². The van der Waals surface area contributed by atoms with Gasteiger partial charge in [0.1, 0.15) is 48.2 Å². The maximum absolute atomic E-state index is 14.1. The summed E-state index contributed by atoms with van der Waals surface area (Å²) < 4.78 is 38.7. The van der Waals surface area contributed by atoms with Crippen LogP contribution in [0, 0.1) is 17.1 Å². The van der Waals surface area contributed by atoms with Crippen molar-refractivity contribution >= 4 is 11.9 Å². The number of nitrogens with one attached hydrogen (secondary N) is 1. The highest BCUT2D eigenvalue weighted by Crippen LogP contribution is 2.39. The Hall–Kier alpha value is -4.33. The Balaban J connectivity index is 1.84. The zero-order valence-electron chi connectivity index (χ0n) is 20.6. The van der Waals surface area contributed by atoms with Gasteiger partial charge in [-0.3, -0.25) is 10.00 Å². The van der Waals surface area contributed by atoms with E-state index < -0.39 is 23.6 Å². The van der Waals surface area contributed by atoms with Gasteiger partial charge in [0, 0.05) is 24.4 Å². The van der Waals surface area contributed by atoms with E-state index in [9.17, 15) is 14.4 Å². The number of aromatic nitrogens is 3. The van der Waals surface area contributed by atoms with Gasteiger partial charge in [-0.15, -0.1) is 5.10 Å². The lowest BCUT2D eigenvalue weighted by Crippen LogP contribution is -2.27. The third-order valence-electron chi connectivity index (χ3n) is 5.17. The Morgan fingerprint density at radius 3 is 2.72 bits per heavy atom. The first-order chi connectivity index (χ1) is 17.1. The Morgan fingerprint density at radius 1 is 1.25 bits per heavy atom. The molecule has 1 amide bonds. The number of anilines is 1. The molecule has 3 heterocycles. The van der Waals surface area contributed by atoms with Crippen molar-refractivity contribution < 1.29 is 28.1 Å². The summed E-state index contributed by atoms with van der Waals surface area (Å²) in [7, 11) is 1.63. The lowest BCUT2D eigenvalue weighted by Gasteiger charge is -2.22. The molecule has 1 atom stereocenters. The molecule has 36 heavy (non-hydrogen) atoms. The molecule has 10 nitrogen and oxygen atoms in total.